The van der Waals surface area contributed by atoms with E-state index in [-0.39, 0.29) is 0 Å². The van der Waals surface area contributed by atoms with Gasteiger partial charge in [-0.05, 0) is 19.1 Å². The normalized spacial score (nSPS) is 12.6. The van der Waals surface area contributed by atoms with Gasteiger partial charge in [0.1, 0.15) is 0 Å². The van der Waals surface area contributed by atoms with Gasteiger partial charge in [0.25, 0.3) is 0 Å². The zero-order valence-corrected chi connectivity index (χ0v) is 8.64. The Kier molecular flexibility index (Phi) is 2.19. The first-order valence-electron chi connectivity index (χ1n) is 4.38. The van der Waals surface area contributed by atoms with E-state index in [1.807, 2.05) is 0 Å². The van der Waals surface area contributed by atoms with Crippen LogP contribution >= 0.6 is 11.3 Å². The molecule has 3 heteroatoms. The topological polar surface area (TPSA) is 17.3 Å². The lowest BCUT2D eigenvalue weighted by Gasteiger charge is -1.92. The average Bonchev–Trinajstić information content (AvgIpc) is 2.46. The van der Waals surface area contributed by atoms with Crippen LogP contribution < -0.4 is 4.80 Å². The third kappa shape index (κ3) is 1.40. The lowest BCUT2D eigenvalue weighted by molar-refractivity contribution is 0.880. The molecule has 0 aliphatic rings. The van der Waals surface area contributed by atoms with Crippen LogP contribution in [0.25, 0.3) is 10.2 Å². The number of aryl methyl sites for hydroxylation is 1. The summed E-state index contributed by atoms with van der Waals surface area (Å²) in [5, 5.41) is 0. The monoisotopic (exact) mass is 192 g/mol. The molecule has 1 heterocycles. The van der Waals surface area contributed by atoms with Crippen molar-refractivity contribution in [3.8, 4) is 0 Å². The van der Waals surface area contributed by atoms with Gasteiger partial charge in [-0.2, -0.15) is 0 Å². The Labute approximate surface area is 81.2 Å². The number of hydrogen-bond acceptors (Lipinski definition) is 2. The molecule has 2 nitrogen and oxygen atoms in total. The molecule has 0 spiro atoms. The second kappa shape index (κ2) is 3.34. The van der Waals surface area contributed by atoms with Crippen molar-refractivity contribution in [2.75, 3.05) is 6.54 Å². The molecular formula is C10H12N2S. The standard InChI is InChI=1S/C10H12N2S/c1-3-11-10-12(2)8-6-4-5-7-9(8)13-10/h4-7H,3H2,1-2H3. The lowest BCUT2D eigenvalue weighted by atomic mass is 10.3. The Morgan fingerprint density at radius 2 is 2.15 bits per heavy atom. The van der Waals surface area contributed by atoms with E-state index in [9.17, 15) is 0 Å². The Hall–Kier alpha value is -1.09. The van der Waals surface area contributed by atoms with Crippen LogP contribution in [-0.2, 0) is 7.05 Å². The second-order valence-corrected chi connectivity index (χ2v) is 3.89. The predicted octanol–water partition coefficient (Wildman–Crippen LogP) is 2.16. The first kappa shape index (κ1) is 8.51. The predicted molar refractivity (Wildman–Crippen MR) is 56.9 cm³/mol. The van der Waals surface area contributed by atoms with Gasteiger partial charge in [-0.15, -0.1) is 0 Å². The number of hydrogen-bond donors (Lipinski definition) is 0. The van der Waals surface area contributed by atoms with Crippen molar-refractivity contribution in [2.45, 2.75) is 6.92 Å². The molecule has 1 aromatic carbocycles. The first-order valence-corrected chi connectivity index (χ1v) is 5.19. The summed E-state index contributed by atoms with van der Waals surface area (Å²) in [7, 11) is 2.06. The summed E-state index contributed by atoms with van der Waals surface area (Å²) in [6.07, 6.45) is 0. The summed E-state index contributed by atoms with van der Waals surface area (Å²) in [5.41, 5.74) is 1.26. The quantitative estimate of drug-likeness (QED) is 0.659. The van der Waals surface area contributed by atoms with Gasteiger partial charge >= 0.3 is 0 Å². The molecule has 0 saturated heterocycles. The zero-order valence-electron chi connectivity index (χ0n) is 7.82. The Balaban J connectivity index is 2.82. The van der Waals surface area contributed by atoms with E-state index in [0.717, 1.165) is 11.3 Å². The molecule has 0 aliphatic heterocycles. The third-order valence-corrected chi connectivity index (χ3v) is 3.16. The molecule has 0 N–H and O–H groups in total. The maximum absolute atomic E-state index is 4.42. The first-order chi connectivity index (χ1) is 6.33. The van der Waals surface area contributed by atoms with Crippen molar-refractivity contribution >= 4 is 21.6 Å². The molecule has 2 rings (SSSR count). The second-order valence-electron chi connectivity index (χ2n) is 2.89. The van der Waals surface area contributed by atoms with E-state index in [1.54, 1.807) is 11.3 Å². The summed E-state index contributed by atoms with van der Waals surface area (Å²) < 4.78 is 3.45. The summed E-state index contributed by atoms with van der Waals surface area (Å²) in [4.78, 5) is 5.53. The van der Waals surface area contributed by atoms with Crippen molar-refractivity contribution in [2.24, 2.45) is 12.0 Å². The fourth-order valence-corrected chi connectivity index (χ4v) is 2.45. The molecule has 0 fully saturated rings. The van der Waals surface area contributed by atoms with Crippen LogP contribution in [0.3, 0.4) is 0 Å². The Bertz CT molecular complexity index is 479. The fourth-order valence-electron chi connectivity index (χ4n) is 1.36. The van der Waals surface area contributed by atoms with Crippen LogP contribution in [-0.4, -0.2) is 11.1 Å². The van der Waals surface area contributed by atoms with Crippen LogP contribution in [0.5, 0.6) is 0 Å². The van der Waals surface area contributed by atoms with Crippen LogP contribution in [0.4, 0.5) is 0 Å². The van der Waals surface area contributed by atoms with Crippen molar-refractivity contribution in [1.29, 1.82) is 0 Å². The van der Waals surface area contributed by atoms with Crippen LogP contribution in [0.15, 0.2) is 29.3 Å². The maximum atomic E-state index is 4.42. The Morgan fingerprint density at radius 3 is 2.85 bits per heavy atom. The molecule has 0 atom stereocenters. The molecule has 1 aromatic heterocycles. The molecule has 0 unspecified atom stereocenters. The molecule has 2 aromatic rings. The van der Waals surface area contributed by atoms with E-state index in [4.69, 9.17) is 0 Å². The van der Waals surface area contributed by atoms with Gasteiger partial charge < -0.3 is 4.57 Å². The summed E-state index contributed by atoms with van der Waals surface area (Å²) >= 11 is 1.74. The highest BCUT2D eigenvalue weighted by molar-refractivity contribution is 7.16. The Morgan fingerprint density at radius 1 is 1.38 bits per heavy atom. The highest BCUT2D eigenvalue weighted by Gasteiger charge is 1.99. The molecule has 0 saturated carbocycles. The number of para-hydroxylation sites is 1. The van der Waals surface area contributed by atoms with E-state index < -0.39 is 0 Å². The van der Waals surface area contributed by atoms with Crippen molar-refractivity contribution in [3.63, 3.8) is 0 Å². The van der Waals surface area contributed by atoms with E-state index >= 15 is 0 Å². The van der Waals surface area contributed by atoms with Crippen LogP contribution in [0.1, 0.15) is 6.92 Å². The maximum Gasteiger partial charge on any atom is 0.185 e. The smallest absolute Gasteiger partial charge is 0.185 e. The molecule has 0 aliphatic carbocycles. The minimum absolute atomic E-state index is 0.848. The number of benzene rings is 1. The van der Waals surface area contributed by atoms with Gasteiger partial charge in [0.15, 0.2) is 4.80 Å². The van der Waals surface area contributed by atoms with Crippen molar-refractivity contribution in [3.05, 3.63) is 29.1 Å². The van der Waals surface area contributed by atoms with Gasteiger partial charge in [-0.3, -0.25) is 4.99 Å². The number of fused-ring (bicyclic) bond motifs is 1. The SMILES string of the molecule is CCN=c1sc2ccccc2n1C. The largest absolute Gasteiger partial charge is 0.320 e. The van der Waals surface area contributed by atoms with Crippen molar-refractivity contribution in [1.82, 2.24) is 4.57 Å². The molecule has 13 heavy (non-hydrogen) atoms. The van der Waals surface area contributed by atoms with Gasteiger partial charge in [0, 0.05) is 13.6 Å². The number of thiazole rings is 1. The van der Waals surface area contributed by atoms with Gasteiger partial charge in [-0.25, -0.2) is 0 Å². The zero-order chi connectivity index (χ0) is 9.26. The van der Waals surface area contributed by atoms with E-state index in [1.165, 1.54) is 10.2 Å². The number of rotatable bonds is 1. The lowest BCUT2D eigenvalue weighted by Crippen LogP contribution is -2.09. The van der Waals surface area contributed by atoms with Gasteiger partial charge in [-0.1, -0.05) is 23.5 Å². The van der Waals surface area contributed by atoms with E-state index in [2.05, 4.69) is 47.8 Å². The third-order valence-electron chi connectivity index (χ3n) is 2.01. The summed E-state index contributed by atoms with van der Waals surface area (Å²) in [6, 6.07) is 8.38. The molecule has 68 valence electrons. The van der Waals surface area contributed by atoms with Crippen LogP contribution in [0.2, 0.25) is 0 Å². The van der Waals surface area contributed by atoms with Crippen LogP contribution in [0, 0.1) is 0 Å². The number of nitrogens with zero attached hydrogens (tertiary/aromatic N) is 2. The van der Waals surface area contributed by atoms with Crippen molar-refractivity contribution < 1.29 is 0 Å². The minimum atomic E-state index is 0.848. The molecule has 0 amide bonds. The minimum Gasteiger partial charge on any atom is -0.320 e. The fraction of sp³-hybridized carbons (Fsp3) is 0.300. The molecular weight excluding hydrogens is 180 g/mol. The molecule has 0 bridgehead atoms. The highest BCUT2D eigenvalue weighted by atomic mass is 32.1. The van der Waals surface area contributed by atoms with Gasteiger partial charge in [0.05, 0.1) is 10.2 Å². The average molecular weight is 192 g/mol. The number of aromatic nitrogens is 1. The van der Waals surface area contributed by atoms with E-state index in [0.29, 0.717) is 0 Å². The van der Waals surface area contributed by atoms with Gasteiger partial charge in [0.2, 0.25) is 0 Å². The highest BCUT2D eigenvalue weighted by Crippen LogP contribution is 2.14. The molecule has 0 radical (unpaired) electrons. The summed E-state index contributed by atoms with van der Waals surface area (Å²) in [5.74, 6) is 0. The summed E-state index contributed by atoms with van der Waals surface area (Å²) in [6.45, 7) is 2.91.